The second kappa shape index (κ2) is 14.2. The van der Waals surface area contributed by atoms with Crippen LogP contribution in [0.3, 0.4) is 0 Å². The van der Waals surface area contributed by atoms with E-state index in [4.69, 9.17) is 4.74 Å². The van der Waals surface area contributed by atoms with Crippen LogP contribution in [0.5, 0.6) is 5.75 Å². The molecule has 0 bridgehead atoms. The minimum absolute atomic E-state index is 0.807. The first kappa shape index (κ1) is 23.4. The third-order valence-corrected chi connectivity index (χ3v) is 5.85. The molecule has 1 heterocycles. The average Bonchev–Trinajstić information content (AvgIpc) is 2.76. The first-order chi connectivity index (χ1) is 14.2. The number of benzene rings is 1. The van der Waals surface area contributed by atoms with Crippen molar-refractivity contribution in [1.82, 2.24) is 4.98 Å². The molecule has 0 saturated carbocycles. The summed E-state index contributed by atoms with van der Waals surface area (Å²) in [6.07, 6.45) is 16.2. The molecule has 2 heteroatoms. The zero-order valence-corrected chi connectivity index (χ0v) is 19.0. The van der Waals surface area contributed by atoms with Crippen molar-refractivity contribution < 1.29 is 4.74 Å². The number of hydrogen-bond acceptors (Lipinski definition) is 2. The Kier molecular flexibility index (Phi) is 11.5. The molecule has 1 unspecified atom stereocenters. The van der Waals surface area contributed by atoms with Crippen molar-refractivity contribution in [3.05, 3.63) is 48.2 Å². The molecule has 0 N–H and O–H groups in total. The van der Waals surface area contributed by atoms with Crippen molar-refractivity contribution in [2.45, 2.75) is 91.4 Å². The van der Waals surface area contributed by atoms with Crippen LogP contribution in [0.1, 0.15) is 90.5 Å². The second-order valence-electron chi connectivity index (χ2n) is 8.45. The summed E-state index contributed by atoms with van der Waals surface area (Å²) in [5.41, 5.74) is 3.54. The molecule has 0 fully saturated rings. The van der Waals surface area contributed by atoms with Gasteiger partial charge in [0.25, 0.3) is 0 Å². The molecule has 2 nitrogen and oxygen atoms in total. The van der Waals surface area contributed by atoms with Crippen molar-refractivity contribution in [3.63, 3.8) is 0 Å². The van der Waals surface area contributed by atoms with Gasteiger partial charge >= 0.3 is 0 Å². The molecule has 2 aromatic rings. The molecule has 0 aliphatic carbocycles. The molecule has 1 atom stereocenters. The molecule has 0 aliphatic heterocycles. The van der Waals surface area contributed by atoms with E-state index in [2.05, 4.69) is 62.2 Å². The number of aryl methyl sites for hydroxylation is 1. The Bertz CT molecular complexity index is 647. The van der Waals surface area contributed by atoms with Crippen molar-refractivity contribution in [3.8, 4) is 17.0 Å². The molecule has 0 radical (unpaired) electrons. The zero-order chi connectivity index (χ0) is 20.7. The maximum Gasteiger partial charge on any atom is 0.119 e. The normalized spacial score (nSPS) is 12.1. The van der Waals surface area contributed by atoms with E-state index in [-0.39, 0.29) is 0 Å². The lowest BCUT2D eigenvalue weighted by atomic mass is 10.0. The number of unbranched alkanes of at least 4 members (excludes halogenated alkanes) is 6. The number of hydrogen-bond donors (Lipinski definition) is 0. The minimum Gasteiger partial charge on any atom is -0.494 e. The van der Waals surface area contributed by atoms with E-state index < -0.39 is 0 Å². The SMILES string of the molecule is CCCCCCCCc1ccc(-c2ccc(OCCCCC(C)CC)cc2)nc1. The van der Waals surface area contributed by atoms with E-state index in [0.717, 1.165) is 42.4 Å². The highest BCUT2D eigenvalue weighted by atomic mass is 16.5. The molecule has 1 aromatic heterocycles. The Morgan fingerprint density at radius 1 is 0.828 bits per heavy atom. The van der Waals surface area contributed by atoms with Gasteiger partial charge in [0.1, 0.15) is 5.75 Å². The first-order valence-corrected chi connectivity index (χ1v) is 11.9. The first-order valence-electron chi connectivity index (χ1n) is 11.9. The smallest absolute Gasteiger partial charge is 0.119 e. The molecule has 0 saturated heterocycles. The third kappa shape index (κ3) is 9.47. The van der Waals surface area contributed by atoms with Gasteiger partial charge in [-0.05, 0) is 67.5 Å². The molecule has 2 rings (SSSR count). The Morgan fingerprint density at radius 3 is 2.28 bits per heavy atom. The standard InChI is InChI=1S/C27H41NO/c1-4-6-7-8-9-10-14-24-15-20-27(28-22-24)25-16-18-26(19-17-25)29-21-12-11-13-23(3)5-2/h15-20,22-23H,4-14,21H2,1-3H3. The van der Waals surface area contributed by atoms with Crippen LogP contribution < -0.4 is 4.74 Å². The lowest BCUT2D eigenvalue weighted by Crippen LogP contribution is -1.99. The monoisotopic (exact) mass is 395 g/mol. The van der Waals surface area contributed by atoms with E-state index in [9.17, 15) is 0 Å². The summed E-state index contributed by atoms with van der Waals surface area (Å²) in [4.78, 5) is 4.68. The third-order valence-electron chi connectivity index (χ3n) is 5.85. The number of nitrogens with zero attached hydrogens (tertiary/aromatic N) is 1. The highest BCUT2D eigenvalue weighted by Gasteiger charge is 2.02. The fourth-order valence-corrected chi connectivity index (χ4v) is 3.56. The van der Waals surface area contributed by atoms with Gasteiger partial charge in [-0.3, -0.25) is 4.98 Å². The van der Waals surface area contributed by atoms with E-state index in [1.807, 2.05) is 6.20 Å². The van der Waals surface area contributed by atoms with Crippen LogP contribution in [0.2, 0.25) is 0 Å². The van der Waals surface area contributed by atoms with Crippen molar-refractivity contribution in [2.24, 2.45) is 5.92 Å². The second-order valence-corrected chi connectivity index (χ2v) is 8.45. The van der Waals surface area contributed by atoms with Crippen LogP contribution in [0, 0.1) is 5.92 Å². The summed E-state index contributed by atoms with van der Waals surface area (Å²) in [7, 11) is 0. The van der Waals surface area contributed by atoms with Crippen LogP contribution in [0.15, 0.2) is 42.6 Å². The Hall–Kier alpha value is -1.83. The zero-order valence-electron chi connectivity index (χ0n) is 19.0. The van der Waals surface area contributed by atoms with Gasteiger partial charge in [0.2, 0.25) is 0 Å². The van der Waals surface area contributed by atoms with Gasteiger partial charge < -0.3 is 4.74 Å². The lowest BCUT2D eigenvalue weighted by Gasteiger charge is -2.09. The Balaban J connectivity index is 1.70. The van der Waals surface area contributed by atoms with E-state index in [1.165, 1.54) is 63.4 Å². The molecule has 0 amide bonds. The van der Waals surface area contributed by atoms with Gasteiger partial charge in [-0.1, -0.05) is 71.8 Å². The summed E-state index contributed by atoms with van der Waals surface area (Å²) in [6, 6.07) is 12.7. The van der Waals surface area contributed by atoms with Gasteiger partial charge in [0.05, 0.1) is 12.3 Å². The minimum atomic E-state index is 0.807. The van der Waals surface area contributed by atoms with Crippen molar-refractivity contribution in [2.75, 3.05) is 6.61 Å². The van der Waals surface area contributed by atoms with Crippen LogP contribution in [0.4, 0.5) is 0 Å². The molecular weight excluding hydrogens is 354 g/mol. The fraction of sp³-hybridized carbons (Fsp3) is 0.593. The van der Waals surface area contributed by atoms with Gasteiger partial charge in [-0.25, -0.2) is 0 Å². The van der Waals surface area contributed by atoms with Crippen LogP contribution in [-0.2, 0) is 6.42 Å². The molecule has 160 valence electrons. The Labute approximate surface area is 179 Å². The Morgan fingerprint density at radius 2 is 1.59 bits per heavy atom. The van der Waals surface area contributed by atoms with Crippen LogP contribution >= 0.6 is 0 Å². The molecule has 0 spiro atoms. The van der Waals surface area contributed by atoms with Crippen LogP contribution in [0.25, 0.3) is 11.3 Å². The summed E-state index contributed by atoms with van der Waals surface area (Å²) < 4.78 is 5.89. The summed E-state index contributed by atoms with van der Waals surface area (Å²) in [5, 5.41) is 0. The molecular formula is C27H41NO. The highest BCUT2D eigenvalue weighted by molar-refractivity contribution is 5.60. The van der Waals surface area contributed by atoms with Crippen LogP contribution in [-0.4, -0.2) is 11.6 Å². The fourth-order valence-electron chi connectivity index (χ4n) is 3.56. The highest BCUT2D eigenvalue weighted by Crippen LogP contribution is 2.22. The maximum atomic E-state index is 5.89. The van der Waals surface area contributed by atoms with E-state index in [1.54, 1.807) is 0 Å². The number of rotatable bonds is 15. The maximum absolute atomic E-state index is 5.89. The quantitative estimate of drug-likeness (QED) is 0.283. The largest absolute Gasteiger partial charge is 0.494 e. The van der Waals surface area contributed by atoms with Crippen molar-refractivity contribution in [1.29, 1.82) is 0 Å². The topological polar surface area (TPSA) is 22.1 Å². The lowest BCUT2D eigenvalue weighted by molar-refractivity contribution is 0.300. The summed E-state index contributed by atoms with van der Waals surface area (Å²) in [6.45, 7) is 7.67. The van der Waals surface area contributed by atoms with Gasteiger partial charge in [0, 0.05) is 11.8 Å². The predicted octanol–water partition coefficient (Wildman–Crippen LogP) is 8.25. The summed E-state index contributed by atoms with van der Waals surface area (Å²) in [5.74, 6) is 1.79. The van der Waals surface area contributed by atoms with Gasteiger partial charge in [-0.2, -0.15) is 0 Å². The van der Waals surface area contributed by atoms with Gasteiger partial charge in [-0.15, -0.1) is 0 Å². The van der Waals surface area contributed by atoms with Crippen molar-refractivity contribution >= 4 is 0 Å². The average molecular weight is 396 g/mol. The summed E-state index contributed by atoms with van der Waals surface area (Å²) >= 11 is 0. The number of aromatic nitrogens is 1. The molecule has 1 aromatic carbocycles. The predicted molar refractivity (Wildman–Crippen MR) is 126 cm³/mol. The van der Waals surface area contributed by atoms with Gasteiger partial charge in [0.15, 0.2) is 0 Å². The number of pyridine rings is 1. The molecule has 0 aliphatic rings. The number of ether oxygens (including phenoxy) is 1. The van der Waals surface area contributed by atoms with E-state index >= 15 is 0 Å². The molecule has 29 heavy (non-hydrogen) atoms. The van der Waals surface area contributed by atoms with E-state index in [0.29, 0.717) is 0 Å².